The van der Waals surface area contributed by atoms with Crippen LogP contribution in [0.3, 0.4) is 0 Å². The van der Waals surface area contributed by atoms with E-state index in [2.05, 4.69) is 6.58 Å². The Bertz CT molecular complexity index is 549. The summed E-state index contributed by atoms with van der Waals surface area (Å²) in [5, 5.41) is 0. The molecule has 158 valence electrons. The van der Waals surface area contributed by atoms with E-state index in [1.54, 1.807) is 0 Å². The van der Waals surface area contributed by atoms with Crippen LogP contribution in [0.15, 0.2) is 12.2 Å². The van der Waals surface area contributed by atoms with Crippen LogP contribution in [0.25, 0.3) is 0 Å². The smallest absolute Gasteiger partial charge is 0.459 e. The van der Waals surface area contributed by atoms with Gasteiger partial charge in [0.05, 0.1) is 6.42 Å². The van der Waals surface area contributed by atoms with Crippen LogP contribution in [0.2, 0.25) is 0 Å². The fraction of sp³-hybridized carbons (Fsp3) is 0.812. The summed E-state index contributed by atoms with van der Waals surface area (Å²) >= 11 is 0. The molecule has 0 aromatic carbocycles. The van der Waals surface area contributed by atoms with E-state index in [4.69, 9.17) is 4.74 Å². The third-order valence-corrected chi connectivity index (χ3v) is 4.45. The third-order valence-electron chi connectivity index (χ3n) is 4.45. The van der Waals surface area contributed by atoms with Gasteiger partial charge < -0.3 is 4.74 Å². The Kier molecular flexibility index (Phi) is 6.92. The molecular formula is C16H19F9O2. The highest BCUT2D eigenvalue weighted by Crippen LogP contribution is 2.55. The van der Waals surface area contributed by atoms with Gasteiger partial charge in [0, 0.05) is 5.57 Å². The van der Waals surface area contributed by atoms with Crippen molar-refractivity contribution in [2.75, 3.05) is 0 Å². The topological polar surface area (TPSA) is 26.3 Å². The Labute approximate surface area is 149 Å². The van der Waals surface area contributed by atoms with E-state index in [1.807, 2.05) is 0 Å². The standard InChI is InChI=1S/C16H19F9O2/c1-9(2)12(26)27-11(10-6-4-3-5-7-10)8-13(17,18)14(19,20)15(21,22)16(23,24)25/h10-11H,1,3-8H2,2H3. The zero-order valence-electron chi connectivity index (χ0n) is 14.3. The summed E-state index contributed by atoms with van der Waals surface area (Å²) in [6.45, 7) is 4.33. The highest BCUT2D eigenvalue weighted by Gasteiger charge is 2.81. The number of carbonyl (C=O) groups excluding carboxylic acids is 1. The first-order valence-electron chi connectivity index (χ1n) is 8.11. The van der Waals surface area contributed by atoms with E-state index in [-0.39, 0.29) is 18.4 Å². The van der Waals surface area contributed by atoms with Crippen LogP contribution in [0.1, 0.15) is 45.4 Å². The SMILES string of the molecule is C=C(C)C(=O)OC(CC(F)(F)C(F)(F)C(F)(F)C(F)(F)F)C1CCCCC1. The molecule has 0 saturated heterocycles. The molecule has 1 rings (SSSR count). The number of halogens is 9. The molecule has 0 radical (unpaired) electrons. The molecule has 2 nitrogen and oxygen atoms in total. The summed E-state index contributed by atoms with van der Waals surface area (Å²) in [5.74, 6) is -21.5. The highest BCUT2D eigenvalue weighted by molar-refractivity contribution is 5.87. The zero-order valence-corrected chi connectivity index (χ0v) is 14.3. The van der Waals surface area contributed by atoms with Crippen molar-refractivity contribution in [3.63, 3.8) is 0 Å². The van der Waals surface area contributed by atoms with Gasteiger partial charge in [-0.2, -0.15) is 39.5 Å². The summed E-state index contributed by atoms with van der Waals surface area (Å²) in [5.41, 5.74) is -0.258. The Hall–Kier alpha value is -1.42. The fourth-order valence-corrected chi connectivity index (χ4v) is 2.84. The lowest BCUT2D eigenvalue weighted by atomic mass is 9.82. The summed E-state index contributed by atoms with van der Waals surface area (Å²) in [7, 11) is 0. The molecule has 0 heterocycles. The molecule has 27 heavy (non-hydrogen) atoms. The Morgan fingerprint density at radius 3 is 1.85 bits per heavy atom. The molecule has 1 saturated carbocycles. The molecule has 1 unspecified atom stereocenters. The van der Waals surface area contributed by atoms with Gasteiger partial charge in [0.25, 0.3) is 0 Å². The number of carbonyl (C=O) groups is 1. The lowest BCUT2D eigenvalue weighted by Crippen LogP contribution is -2.61. The summed E-state index contributed by atoms with van der Waals surface area (Å²) in [6.07, 6.45) is -8.92. The van der Waals surface area contributed by atoms with Crippen LogP contribution >= 0.6 is 0 Å². The van der Waals surface area contributed by atoms with Gasteiger partial charge in [-0.1, -0.05) is 25.8 Å². The Morgan fingerprint density at radius 1 is 0.963 bits per heavy atom. The molecule has 0 amide bonds. The minimum absolute atomic E-state index is 0.186. The third kappa shape index (κ3) is 4.90. The van der Waals surface area contributed by atoms with Crippen molar-refractivity contribution in [3.05, 3.63) is 12.2 Å². The number of esters is 1. The van der Waals surface area contributed by atoms with E-state index >= 15 is 0 Å². The van der Waals surface area contributed by atoms with Gasteiger partial charge in [0.1, 0.15) is 6.10 Å². The van der Waals surface area contributed by atoms with Gasteiger partial charge in [-0.15, -0.1) is 0 Å². The molecule has 0 aromatic heterocycles. The van der Waals surface area contributed by atoms with Gasteiger partial charge >= 0.3 is 29.9 Å². The largest absolute Gasteiger partial charge is 0.460 e. The summed E-state index contributed by atoms with van der Waals surface area (Å²) < 4.78 is 122. The predicted octanol–water partition coefficient (Wildman–Crippen LogP) is 5.91. The first-order valence-corrected chi connectivity index (χ1v) is 8.11. The first-order chi connectivity index (χ1) is 12.0. The summed E-state index contributed by atoms with van der Waals surface area (Å²) in [6, 6.07) is 0. The maximum atomic E-state index is 13.9. The van der Waals surface area contributed by atoms with E-state index < -0.39 is 48.4 Å². The molecule has 11 heteroatoms. The lowest BCUT2D eigenvalue weighted by Gasteiger charge is -2.37. The second-order valence-electron chi connectivity index (χ2n) is 6.68. The maximum absolute atomic E-state index is 13.9. The zero-order chi connectivity index (χ0) is 21.3. The molecule has 1 atom stereocenters. The second kappa shape index (κ2) is 7.90. The van der Waals surface area contributed by atoms with E-state index in [0.29, 0.717) is 19.3 Å². The maximum Gasteiger partial charge on any atom is 0.460 e. The van der Waals surface area contributed by atoms with Gasteiger partial charge in [-0.25, -0.2) is 4.79 Å². The number of alkyl halides is 9. The van der Waals surface area contributed by atoms with Crippen molar-refractivity contribution in [1.29, 1.82) is 0 Å². The molecule has 1 aliphatic rings. The van der Waals surface area contributed by atoms with Gasteiger partial charge in [0.2, 0.25) is 0 Å². The predicted molar refractivity (Wildman–Crippen MR) is 76.8 cm³/mol. The minimum atomic E-state index is -6.96. The molecule has 1 fully saturated rings. The van der Waals surface area contributed by atoms with Crippen LogP contribution < -0.4 is 0 Å². The van der Waals surface area contributed by atoms with Crippen LogP contribution in [-0.4, -0.2) is 36.0 Å². The Balaban J connectivity index is 3.16. The van der Waals surface area contributed by atoms with Crippen LogP contribution in [-0.2, 0) is 9.53 Å². The molecule has 0 bridgehead atoms. The van der Waals surface area contributed by atoms with Crippen LogP contribution in [0.4, 0.5) is 39.5 Å². The fourth-order valence-electron chi connectivity index (χ4n) is 2.84. The quantitative estimate of drug-likeness (QED) is 0.294. The van der Waals surface area contributed by atoms with Crippen molar-refractivity contribution in [2.45, 2.75) is 75.5 Å². The number of hydrogen-bond donors (Lipinski definition) is 0. The molecule has 1 aliphatic carbocycles. The van der Waals surface area contributed by atoms with Crippen LogP contribution in [0.5, 0.6) is 0 Å². The average Bonchev–Trinajstić information content (AvgIpc) is 2.53. The normalized spacial score (nSPS) is 18.9. The molecule has 0 N–H and O–H groups in total. The molecular weight excluding hydrogens is 395 g/mol. The number of ether oxygens (including phenoxy) is 1. The second-order valence-corrected chi connectivity index (χ2v) is 6.68. The van der Waals surface area contributed by atoms with Crippen molar-refractivity contribution in [3.8, 4) is 0 Å². The highest BCUT2D eigenvalue weighted by atomic mass is 19.4. The van der Waals surface area contributed by atoms with Gasteiger partial charge in [0.15, 0.2) is 0 Å². The summed E-state index contributed by atoms with van der Waals surface area (Å²) in [4.78, 5) is 11.6. The lowest BCUT2D eigenvalue weighted by molar-refractivity contribution is -0.398. The van der Waals surface area contributed by atoms with Crippen molar-refractivity contribution in [1.82, 2.24) is 0 Å². The van der Waals surface area contributed by atoms with E-state index in [0.717, 1.165) is 6.92 Å². The van der Waals surface area contributed by atoms with E-state index in [1.165, 1.54) is 0 Å². The molecule has 0 aromatic rings. The van der Waals surface area contributed by atoms with Gasteiger partial charge in [-0.05, 0) is 25.7 Å². The van der Waals surface area contributed by atoms with E-state index in [9.17, 15) is 44.3 Å². The average molecular weight is 414 g/mol. The van der Waals surface area contributed by atoms with Crippen molar-refractivity contribution < 1.29 is 49.0 Å². The van der Waals surface area contributed by atoms with Crippen molar-refractivity contribution >= 4 is 5.97 Å². The van der Waals surface area contributed by atoms with Crippen molar-refractivity contribution in [2.24, 2.45) is 5.92 Å². The minimum Gasteiger partial charge on any atom is -0.459 e. The number of rotatable bonds is 7. The molecule has 0 aliphatic heterocycles. The Morgan fingerprint density at radius 2 is 1.44 bits per heavy atom. The monoisotopic (exact) mass is 414 g/mol. The first kappa shape index (κ1) is 23.6. The molecule has 0 spiro atoms. The number of hydrogen-bond acceptors (Lipinski definition) is 2. The van der Waals surface area contributed by atoms with Gasteiger partial charge in [-0.3, -0.25) is 0 Å². The van der Waals surface area contributed by atoms with Crippen LogP contribution in [0, 0.1) is 5.92 Å².